The first-order valence-electron chi connectivity index (χ1n) is 6.88. The summed E-state index contributed by atoms with van der Waals surface area (Å²) in [6.07, 6.45) is 2.49. The zero-order valence-corrected chi connectivity index (χ0v) is 11.8. The second-order valence-electron chi connectivity index (χ2n) is 4.99. The van der Waals surface area contributed by atoms with E-state index in [2.05, 4.69) is 5.32 Å². The second kappa shape index (κ2) is 5.44. The van der Waals surface area contributed by atoms with Crippen molar-refractivity contribution in [1.82, 2.24) is 0 Å². The molecule has 0 spiro atoms. The molecule has 0 bridgehead atoms. The van der Waals surface area contributed by atoms with Gasteiger partial charge in [0.15, 0.2) is 0 Å². The average molecular weight is 284 g/mol. The van der Waals surface area contributed by atoms with Crippen molar-refractivity contribution < 1.29 is 14.0 Å². The first-order valence-corrected chi connectivity index (χ1v) is 6.88. The molecular formula is C16H16N2O3. The molecule has 1 N–H and O–H groups in total. The highest BCUT2D eigenvalue weighted by atomic mass is 16.3. The van der Waals surface area contributed by atoms with E-state index in [0.29, 0.717) is 11.4 Å². The fourth-order valence-electron chi connectivity index (χ4n) is 2.63. The third kappa shape index (κ3) is 2.54. The molecule has 0 saturated heterocycles. The molecule has 108 valence electrons. The molecule has 0 unspecified atom stereocenters. The van der Waals surface area contributed by atoms with Crippen molar-refractivity contribution in [2.75, 3.05) is 16.8 Å². The smallest absolute Gasteiger partial charge is 0.241 e. The van der Waals surface area contributed by atoms with Crippen LogP contribution < -0.4 is 10.2 Å². The molecule has 1 aromatic heterocycles. The van der Waals surface area contributed by atoms with Crippen molar-refractivity contribution in [3.05, 3.63) is 47.9 Å². The van der Waals surface area contributed by atoms with Gasteiger partial charge in [0.1, 0.15) is 5.76 Å². The van der Waals surface area contributed by atoms with Gasteiger partial charge in [-0.3, -0.25) is 9.59 Å². The van der Waals surface area contributed by atoms with Gasteiger partial charge in [-0.15, -0.1) is 0 Å². The minimum Gasteiger partial charge on any atom is -0.469 e. The van der Waals surface area contributed by atoms with Crippen LogP contribution in [0, 0.1) is 0 Å². The molecule has 0 saturated carbocycles. The van der Waals surface area contributed by atoms with Gasteiger partial charge in [-0.2, -0.15) is 0 Å². The lowest BCUT2D eigenvalue weighted by molar-refractivity contribution is -0.125. The SMILES string of the molecule is CC(=O)N(C(=O)Cc1ccco1)c1cccc2c1NCC2. The van der Waals surface area contributed by atoms with Gasteiger partial charge in [0.25, 0.3) is 0 Å². The number of carbonyl (C=O) groups excluding carboxylic acids is 2. The van der Waals surface area contributed by atoms with Crippen LogP contribution in [0.1, 0.15) is 18.2 Å². The third-order valence-corrected chi connectivity index (χ3v) is 3.54. The Balaban J connectivity index is 1.94. The number of hydrogen-bond acceptors (Lipinski definition) is 4. The Labute approximate surface area is 122 Å². The number of anilines is 2. The Kier molecular flexibility index (Phi) is 3.48. The summed E-state index contributed by atoms with van der Waals surface area (Å²) in [5.74, 6) is -0.0417. The lowest BCUT2D eigenvalue weighted by atomic mass is 10.1. The van der Waals surface area contributed by atoms with Gasteiger partial charge in [-0.1, -0.05) is 12.1 Å². The van der Waals surface area contributed by atoms with Gasteiger partial charge in [0, 0.05) is 13.5 Å². The van der Waals surface area contributed by atoms with Gasteiger partial charge in [-0.05, 0) is 30.2 Å². The third-order valence-electron chi connectivity index (χ3n) is 3.54. The van der Waals surface area contributed by atoms with Crippen molar-refractivity contribution in [3.8, 4) is 0 Å². The van der Waals surface area contributed by atoms with E-state index in [-0.39, 0.29) is 18.2 Å². The number of fused-ring (bicyclic) bond motifs is 1. The van der Waals surface area contributed by atoms with E-state index in [1.54, 1.807) is 18.2 Å². The second-order valence-corrected chi connectivity index (χ2v) is 4.99. The molecule has 0 fully saturated rings. The molecule has 2 heterocycles. The first-order chi connectivity index (χ1) is 10.2. The Morgan fingerprint density at radius 1 is 1.29 bits per heavy atom. The number of furan rings is 1. The van der Waals surface area contributed by atoms with E-state index in [4.69, 9.17) is 4.42 Å². The van der Waals surface area contributed by atoms with Crippen molar-refractivity contribution in [3.63, 3.8) is 0 Å². The van der Waals surface area contributed by atoms with Crippen LogP contribution >= 0.6 is 0 Å². The number of rotatable bonds is 3. The van der Waals surface area contributed by atoms with Gasteiger partial charge >= 0.3 is 0 Å². The summed E-state index contributed by atoms with van der Waals surface area (Å²) >= 11 is 0. The summed E-state index contributed by atoms with van der Waals surface area (Å²) in [7, 11) is 0. The Morgan fingerprint density at radius 2 is 2.14 bits per heavy atom. The van der Waals surface area contributed by atoms with Crippen LogP contribution in [-0.2, 0) is 22.4 Å². The monoisotopic (exact) mass is 284 g/mol. The standard InChI is InChI=1S/C16H16N2O3/c1-11(19)18(15(20)10-13-5-3-9-21-13)14-6-2-4-12-7-8-17-16(12)14/h2-6,9,17H,7-8,10H2,1H3. The van der Waals surface area contributed by atoms with Gasteiger partial charge in [-0.25, -0.2) is 4.90 Å². The molecule has 3 rings (SSSR count). The molecule has 0 atom stereocenters. The molecule has 1 aliphatic heterocycles. The minimum absolute atomic E-state index is 0.0657. The number of benzene rings is 1. The van der Waals surface area contributed by atoms with E-state index in [1.165, 1.54) is 18.1 Å². The van der Waals surface area contributed by atoms with Crippen LogP contribution in [0.2, 0.25) is 0 Å². The minimum atomic E-state index is -0.298. The van der Waals surface area contributed by atoms with E-state index >= 15 is 0 Å². The van der Waals surface area contributed by atoms with Crippen LogP contribution in [0.4, 0.5) is 11.4 Å². The van der Waals surface area contributed by atoms with Gasteiger partial charge < -0.3 is 9.73 Å². The van der Waals surface area contributed by atoms with E-state index < -0.39 is 0 Å². The molecule has 21 heavy (non-hydrogen) atoms. The number of nitrogens with one attached hydrogen (secondary N) is 1. The quantitative estimate of drug-likeness (QED) is 0.940. The summed E-state index contributed by atoms with van der Waals surface area (Å²) in [4.78, 5) is 25.7. The summed E-state index contributed by atoms with van der Waals surface area (Å²) < 4.78 is 5.19. The van der Waals surface area contributed by atoms with Crippen molar-refractivity contribution >= 4 is 23.2 Å². The molecule has 2 aromatic rings. The van der Waals surface area contributed by atoms with E-state index in [1.807, 2.05) is 12.1 Å². The van der Waals surface area contributed by atoms with Crippen LogP contribution in [0.3, 0.4) is 0 Å². The predicted octanol–water partition coefficient (Wildman–Crippen LogP) is 2.37. The highest BCUT2D eigenvalue weighted by Gasteiger charge is 2.26. The number of amides is 2. The summed E-state index contributed by atoms with van der Waals surface area (Å²) in [5.41, 5.74) is 2.62. The van der Waals surface area contributed by atoms with Crippen LogP contribution in [0.25, 0.3) is 0 Å². The van der Waals surface area contributed by atoms with E-state index in [9.17, 15) is 9.59 Å². The maximum atomic E-state index is 12.5. The lowest BCUT2D eigenvalue weighted by Crippen LogP contribution is -2.36. The number of hydrogen-bond donors (Lipinski definition) is 1. The number of imide groups is 1. The molecule has 1 aliphatic rings. The Hall–Kier alpha value is -2.56. The molecular weight excluding hydrogens is 268 g/mol. The first kappa shape index (κ1) is 13.4. The molecule has 5 heteroatoms. The fourth-order valence-corrected chi connectivity index (χ4v) is 2.63. The maximum absolute atomic E-state index is 12.5. The molecule has 1 aromatic carbocycles. The highest BCUT2D eigenvalue weighted by Crippen LogP contribution is 2.33. The highest BCUT2D eigenvalue weighted by molar-refractivity contribution is 6.16. The maximum Gasteiger partial charge on any atom is 0.241 e. The zero-order valence-electron chi connectivity index (χ0n) is 11.8. The fraction of sp³-hybridized carbons (Fsp3) is 0.250. The molecule has 5 nitrogen and oxygen atoms in total. The Morgan fingerprint density at radius 3 is 2.86 bits per heavy atom. The summed E-state index contributed by atoms with van der Waals surface area (Å²) in [6, 6.07) is 9.12. The van der Waals surface area contributed by atoms with Crippen molar-refractivity contribution in [2.24, 2.45) is 0 Å². The number of carbonyl (C=O) groups is 2. The number of nitrogens with zero attached hydrogens (tertiary/aromatic N) is 1. The van der Waals surface area contributed by atoms with Crippen LogP contribution in [0.5, 0.6) is 0 Å². The molecule has 2 amide bonds. The average Bonchev–Trinajstić information content (AvgIpc) is 3.09. The normalized spacial score (nSPS) is 12.6. The molecule has 0 aliphatic carbocycles. The zero-order chi connectivity index (χ0) is 14.8. The number of para-hydroxylation sites is 1. The Bertz CT molecular complexity index is 677. The lowest BCUT2D eigenvalue weighted by Gasteiger charge is -2.21. The summed E-state index contributed by atoms with van der Waals surface area (Å²) in [6.45, 7) is 2.22. The molecule has 0 radical (unpaired) electrons. The topological polar surface area (TPSA) is 62.6 Å². The van der Waals surface area contributed by atoms with E-state index in [0.717, 1.165) is 24.2 Å². The summed E-state index contributed by atoms with van der Waals surface area (Å²) in [5, 5.41) is 3.25. The predicted molar refractivity (Wildman–Crippen MR) is 79.2 cm³/mol. The van der Waals surface area contributed by atoms with Crippen molar-refractivity contribution in [2.45, 2.75) is 19.8 Å². The van der Waals surface area contributed by atoms with Gasteiger partial charge in [0.05, 0.1) is 24.1 Å². The largest absolute Gasteiger partial charge is 0.469 e. The van der Waals surface area contributed by atoms with Crippen LogP contribution in [-0.4, -0.2) is 18.4 Å². The van der Waals surface area contributed by atoms with Gasteiger partial charge in [0.2, 0.25) is 11.8 Å². The van der Waals surface area contributed by atoms with Crippen LogP contribution in [0.15, 0.2) is 41.0 Å². The van der Waals surface area contributed by atoms with Crippen molar-refractivity contribution in [1.29, 1.82) is 0 Å².